The molecule has 18 nitrogen and oxygen atoms in total. The van der Waals surface area contributed by atoms with Crippen molar-refractivity contribution in [1.82, 2.24) is 20.6 Å². The first kappa shape index (κ1) is 60.3. The molecule has 418 valence electrons. The van der Waals surface area contributed by atoms with Crippen LogP contribution in [0.2, 0.25) is 0 Å². The van der Waals surface area contributed by atoms with Crippen molar-refractivity contribution in [3.8, 4) is 0 Å². The van der Waals surface area contributed by atoms with Crippen molar-refractivity contribution in [2.75, 3.05) is 159 Å². The van der Waals surface area contributed by atoms with E-state index in [-0.39, 0.29) is 50.1 Å². The highest BCUT2D eigenvalue weighted by Gasteiger charge is 2.30. The molecule has 2 aromatic heterocycles. The molecule has 2 atom stereocenters. The van der Waals surface area contributed by atoms with E-state index < -0.39 is 24.0 Å². The van der Waals surface area contributed by atoms with Gasteiger partial charge in [-0.25, -0.2) is 9.97 Å². The van der Waals surface area contributed by atoms with E-state index in [2.05, 4.69) is 20.6 Å². The normalized spacial score (nSPS) is 14.2. The summed E-state index contributed by atoms with van der Waals surface area (Å²) in [5.74, 6) is -1.15. The Kier molecular flexibility index (Phi) is 29.3. The second-order valence-corrected chi connectivity index (χ2v) is 17.8. The standard InChI is InChI=1S/C56H76F2N4O14/c57-55-47(43-11-12-43)15-17-49(59-55)53(45-7-3-1-4-8-45)61-51(63)41-75-39-37-73-35-33-71-31-29-69-27-25-67-23-21-65-19-20-66-22-24-68-26-28-70-30-32-72-34-36-74-38-40-76-42-52(64)62-54(46-9-5-2-6-10-46)50-18-16-48(44-13-14-44)56(58)60-50/h1-10,15-18,43-44,53-54H,11-14,19-42H2,(H,61,63)(H,62,64). The minimum atomic E-state index is -0.601. The van der Waals surface area contributed by atoms with E-state index in [0.29, 0.717) is 155 Å². The van der Waals surface area contributed by atoms with Crippen LogP contribution in [0.3, 0.4) is 0 Å². The van der Waals surface area contributed by atoms with Crippen LogP contribution in [-0.2, 0) is 66.4 Å². The number of ether oxygens (including phenoxy) is 12. The molecule has 0 spiro atoms. The zero-order valence-electron chi connectivity index (χ0n) is 43.6. The zero-order valence-corrected chi connectivity index (χ0v) is 43.6. The summed E-state index contributed by atoms with van der Waals surface area (Å²) >= 11 is 0. The second kappa shape index (κ2) is 37.0. The third-order valence-electron chi connectivity index (χ3n) is 11.9. The molecule has 2 fully saturated rings. The number of hydrogen-bond donors (Lipinski definition) is 2. The van der Waals surface area contributed by atoms with Crippen LogP contribution in [0.5, 0.6) is 0 Å². The predicted molar refractivity (Wildman–Crippen MR) is 275 cm³/mol. The molecule has 2 saturated carbocycles. The summed E-state index contributed by atoms with van der Waals surface area (Å²) in [4.78, 5) is 33.9. The van der Waals surface area contributed by atoms with Crippen molar-refractivity contribution in [3.63, 3.8) is 0 Å². The maximum Gasteiger partial charge on any atom is 0.246 e. The predicted octanol–water partition coefficient (Wildman–Crippen LogP) is 5.82. The SMILES string of the molecule is O=C(COCCOCCOCCOCCOCCOCCOCCOCCOCCOCCOCCOCC(=O)NC(c1ccccc1)c1ccc(C2CC2)c(F)n1)NC(c1ccccc1)c1ccc(C2CC2)c(F)n1. The molecule has 2 aliphatic rings. The Morgan fingerprint density at radius 2 is 0.632 bits per heavy atom. The van der Waals surface area contributed by atoms with Crippen molar-refractivity contribution in [2.24, 2.45) is 0 Å². The van der Waals surface area contributed by atoms with E-state index in [0.717, 1.165) is 36.8 Å². The summed E-state index contributed by atoms with van der Waals surface area (Å²) in [6.07, 6.45) is 3.90. The number of nitrogens with zero attached hydrogens (tertiary/aromatic N) is 2. The fraction of sp³-hybridized carbons (Fsp3) is 0.571. The second-order valence-electron chi connectivity index (χ2n) is 17.8. The molecule has 2 N–H and O–H groups in total. The molecule has 0 radical (unpaired) electrons. The molecule has 2 aromatic carbocycles. The van der Waals surface area contributed by atoms with Crippen LogP contribution in [0.25, 0.3) is 0 Å². The number of carbonyl (C=O) groups excluding carboxylic acids is 2. The minimum Gasteiger partial charge on any atom is -0.377 e. The van der Waals surface area contributed by atoms with Gasteiger partial charge in [-0.2, -0.15) is 8.78 Å². The monoisotopic (exact) mass is 1070 g/mol. The highest BCUT2D eigenvalue weighted by molar-refractivity contribution is 5.78. The first-order valence-corrected chi connectivity index (χ1v) is 26.4. The lowest BCUT2D eigenvalue weighted by atomic mass is 10.0. The Bertz CT molecular complexity index is 2050. The van der Waals surface area contributed by atoms with Crippen LogP contribution in [0.4, 0.5) is 8.78 Å². The average molecular weight is 1070 g/mol. The lowest BCUT2D eigenvalue weighted by Crippen LogP contribution is -2.33. The highest BCUT2D eigenvalue weighted by Crippen LogP contribution is 2.42. The number of carbonyl (C=O) groups is 2. The van der Waals surface area contributed by atoms with Crippen LogP contribution < -0.4 is 10.6 Å². The minimum absolute atomic E-state index is 0.168. The molecule has 4 aromatic rings. The third-order valence-corrected chi connectivity index (χ3v) is 11.9. The van der Waals surface area contributed by atoms with Gasteiger partial charge in [0, 0.05) is 11.1 Å². The van der Waals surface area contributed by atoms with E-state index >= 15 is 0 Å². The topological polar surface area (TPSA) is 195 Å². The third kappa shape index (κ3) is 24.6. The molecule has 6 rings (SSSR count). The van der Waals surface area contributed by atoms with Crippen LogP contribution in [0.15, 0.2) is 84.9 Å². The number of pyridine rings is 2. The van der Waals surface area contributed by atoms with Crippen molar-refractivity contribution >= 4 is 11.8 Å². The van der Waals surface area contributed by atoms with Gasteiger partial charge in [0.25, 0.3) is 0 Å². The smallest absolute Gasteiger partial charge is 0.246 e. The van der Waals surface area contributed by atoms with E-state index in [1.165, 1.54) is 0 Å². The number of aromatic nitrogens is 2. The number of halogens is 2. The van der Waals surface area contributed by atoms with Gasteiger partial charge >= 0.3 is 0 Å². The van der Waals surface area contributed by atoms with E-state index in [1.54, 1.807) is 24.3 Å². The molecular weight excluding hydrogens is 991 g/mol. The molecule has 2 amide bonds. The average Bonchev–Trinajstić information content (AvgIpc) is 4.39. The first-order chi connectivity index (χ1) is 37.5. The lowest BCUT2D eigenvalue weighted by molar-refractivity contribution is -0.127. The van der Waals surface area contributed by atoms with Gasteiger partial charge in [0.1, 0.15) is 13.2 Å². The molecule has 0 aliphatic heterocycles. The van der Waals surface area contributed by atoms with Gasteiger partial charge in [-0.3, -0.25) is 9.59 Å². The first-order valence-electron chi connectivity index (χ1n) is 26.4. The van der Waals surface area contributed by atoms with Crippen LogP contribution in [-0.4, -0.2) is 180 Å². The van der Waals surface area contributed by atoms with E-state index in [1.807, 2.05) is 60.7 Å². The molecule has 20 heteroatoms. The van der Waals surface area contributed by atoms with Gasteiger partial charge in [-0.05, 0) is 60.8 Å². The molecule has 2 aliphatic carbocycles. The summed E-state index contributed by atoms with van der Waals surface area (Å²) < 4.78 is 95.7. The number of hydrogen-bond acceptors (Lipinski definition) is 16. The van der Waals surface area contributed by atoms with Gasteiger partial charge in [0.15, 0.2) is 0 Å². The lowest BCUT2D eigenvalue weighted by Gasteiger charge is -2.19. The van der Waals surface area contributed by atoms with Gasteiger partial charge in [0.2, 0.25) is 23.7 Å². The van der Waals surface area contributed by atoms with Gasteiger partial charge in [-0.1, -0.05) is 72.8 Å². The Balaban J connectivity index is 0.613. The fourth-order valence-corrected chi connectivity index (χ4v) is 7.64. The van der Waals surface area contributed by atoms with Crippen molar-refractivity contribution in [3.05, 3.63) is 130 Å². The highest BCUT2D eigenvalue weighted by atomic mass is 19.1. The maximum absolute atomic E-state index is 14.7. The number of amides is 2. The summed E-state index contributed by atoms with van der Waals surface area (Å²) in [6, 6.07) is 24.6. The Labute approximate surface area is 445 Å². The Morgan fingerprint density at radius 1 is 0.382 bits per heavy atom. The molecular formula is C56H76F2N4O14. The van der Waals surface area contributed by atoms with Gasteiger partial charge in [0.05, 0.1) is 169 Å². The van der Waals surface area contributed by atoms with Crippen LogP contribution >= 0.6 is 0 Å². The largest absolute Gasteiger partial charge is 0.377 e. The Hall–Kier alpha value is -4.94. The zero-order chi connectivity index (χ0) is 53.1. The number of nitrogens with one attached hydrogen (secondary N) is 2. The Morgan fingerprint density at radius 3 is 0.868 bits per heavy atom. The number of rotatable bonds is 45. The quantitative estimate of drug-likeness (QED) is 0.0397. The summed E-state index contributed by atoms with van der Waals surface area (Å²) in [7, 11) is 0. The molecule has 76 heavy (non-hydrogen) atoms. The van der Waals surface area contributed by atoms with Gasteiger partial charge in [-0.15, -0.1) is 0 Å². The van der Waals surface area contributed by atoms with Gasteiger partial charge < -0.3 is 67.5 Å². The van der Waals surface area contributed by atoms with Crippen molar-refractivity contribution < 1.29 is 75.2 Å². The van der Waals surface area contributed by atoms with E-state index in [9.17, 15) is 18.4 Å². The maximum atomic E-state index is 14.7. The molecule has 2 unspecified atom stereocenters. The summed E-state index contributed by atoms with van der Waals surface area (Å²) in [5.41, 5.74) is 3.74. The fourth-order valence-electron chi connectivity index (χ4n) is 7.64. The van der Waals surface area contributed by atoms with Crippen molar-refractivity contribution in [2.45, 2.75) is 49.6 Å². The molecule has 0 saturated heterocycles. The molecule has 2 heterocycles. The molecule has 0 bridgehead atoms. The van der Waals surface area contributed by atoms with Crippen LogP contribution in [0.1, 0.15) is 83.2 Å². The number of benzene rings is 2. The summed E-state index contributed by atoms with van der Waals surface area (Å²) in [5, 5.41) is 5.85. The van der Waals surface area contributed by atoms with Crippen LogP contribution in [0, 0.1) is 11.9 Å². The van der Waals surface area contributed by atoms with E-state index in [4.69, 9.17) is 56.8 Å². The summed E-state index contributed by atoms with van der Waals surface area (Å²) in [6.45, 7) is 8.47. The van der Waals surface area contributed by atoms with Crippen molar-refractivity contribution in [1.29, 1.82) is 0 Å².